The first-order valence-corrected chi connectivity index (χ1v) is 7.69. The molecule has 4 nitrogen and oxygen atoms in total. The Labute approximate surface area is 127 Å². The molecular formula is C16H17NO3S. The first-order chi connectivity index (χ1) is 10.1. The molecular weight excluding hydrogens is 286 g/mol. The quantitative estimate of drug-likeness (QED) is 0.786. The third-order valence-corrected chi connectivity index (χ3v) is 4.78. The van der Waals surface area contributed by atoms with Crippen molar-refractivity contribution in [3.05, 3.63) is 28.8 Å². The second-order valence-corrected chi connectivity index (χ2v) is 6.13. The average Bonchev–Trinajstić information content (AvgIpc) is 3.24. The smallest absolute Gasteiger partial charge is 0.171 e. The summed E-state index contributed by atoms with van der Waals surface area (Å²) >= 11 is 1.44. The van der Waals surface area contributed by atoms with Crippen LogP contribution in [0.3, 0.4) is 0 Å². The summed E-state index contributed by atoms with van der Waals surface area (Å²) in [5.74, 6) is 2.02. The molecule has 0 bridgehead atoms. The molecule has 1 aliphatic rings. The standard InChI is InChI=1S/C16H17NO3S/c1-9(18)15-14(10-4-5-10)17-16(21-15)12-8-11(19-2)6-7-13(12)20-3/h6-8,10H,4-5H2,1-3H3. The van der Waals surface area contributed by atoms with Crippen LogP contribution >= 0.6 is 11.3 Å². The monoisotopic (exact) mass is 303 g/mol. The number of thiazole rings is 1. The van der Waals surface area contributed by atoms with Crippen LogP contribution in [0.15, 0.2) is 18.2 Å². The summed E-state index contributed by atoms with van der Waals surface area (Å²) in [5.41, 5.74) is 1.82. The molecule has 1 aromatic carbocycles. The number of ether oxygens (including phenoxy) is 2. The van der Waals surface area contributed by atoms with Gasteiger partial charge in [-0.3, -0.25) is 4.79 Å². The molecule has 0 N–H and O–H groups in total. The van der Waals surface area contributed by atoms with Gasteiger partial charge in [0.2, 0.25) is 0 Å². The molecule has 0 atom stereocenters. The Morgan fingerprint density at radius 3 is 2.62 bits per heavy atom. The summed E-state index contributed by atoms with van der Waals surface area (Å²) in [7, 11) is 3.26. The maximum absolute atomic E-state index is 11.8. The summed E-state index contributed by atoms with van der Waals surface area (Å²) in [4.78, 5) is 17.3. The van der Waals surface area contributed by atoms with Gasteiger partial charge in [0, 0.05) is 12.8 Å². The number of methoxy groups -OCH3 is 2. The molecule has 1 heterocycles. The Hall–Kier alpha value is -1.88. The highest BCUT2D eigenvalue weighted by atomic mass is 32.1. The number of carbonyl (C=O) groups excluding carboxylic acids is 1. The van der Waals surface area contributed by atoms with Crippen molar-refractivity contribution in [3.8, 4) is 22.1 Å². The Morgan fingerprint density at radius 1 is 1.29 bits per heavy atom. The first-order valence-electron chi connectivity index (χ1n) is 6.88. The van der Waals surface area contributed by atoms with Gasteiger partial charge in [0.15, 0.2) is 5.78 Å². The number of hydrogen-bond acceptors (Lipinski definition) is 5. The molecule has 0 unspecified atom stereocenters. The lowest BCUT2D eigenvalue weighted by molar-refractivity contribution is 0.102. The number of hydrogen-bond donors (Lipinski definition) is 0. The largest absolute Gasteiger partial charge is 0.497 e. The third-order valence-electron chi connectivity index (χ3n) is 3.57. The number of ketones is 1. The zero-order chi connectivity index (χ0) is 15.0. The zero-order valence-electron chi connectivity index (χ0n) is 12.3. The molecule has 0 amide bonds. The molecule has 0 radical (unpaired) electrons. The summed E-state index contributed by atoms with van der Waals surface area (Å²) in [5, 5.41) is 0.817. The lowest BCUT2D eigenvalue weighted by Crippen LogP contribution is -1.93. The van der Waals surface area contributed by atoms with Gasteiger partial charge in [-0.2, -0.15) is 0 Å². The highest BCUT2D eigenvalue weighted by molar-refractivity contribution is 7.17. The maximum Gasteiger partial charge on any atom is 0.171 e. The van der Waals surface area contributed by atoms with E-state index >= 15 is 0 Å². The minimum atomic E-state index is 0.0857. The maximum atomic E-state index is 11.8. The van der Waals surface area contributed by atoms with Crippen LogP contribution in [0.5, 0.6) is 11.5 Å². The lowest BCUT2D eigenvalue weighted by Gasteiger charge is -2.08. The minimum Gasteiger partial charge on any atom is -0.497 e. The molecule has 5 heteroatoms. The third kappa shape index (κ3) is 2.65. The van der Waals surface area contributed by atoms with Gasteiger partial charge in [-0.15, -0.1) is 11.3 Å². The fourth-order valence-electron chi connectivity index (χ4n) is 2.31. The van der Waals surface area contributed by atoms with Gasteiger partial charge in [-0.05, 0) is 31.0 Å². The number of rotatable bonds is 5. The van der Waals surface area contributed by atoms with E-state index in [9.17, 15) is 4.79 Å². The first kappa shape index (κ1) is 14.1. The van der Waals surface area contributed by atoms with Crippen LogP contribution in [-0.2, 0) is 0 Å². The van der Waals surface area contributed by atoms with Crippen LogP contribution in [0.2, 0.25) is 0 Å². The van der Waals surface area contributed by atoms with E-state index in [0.717, 1.165) is 45.5 Å². The molecule has 1 saturated carbocycles. The molecule has 3 rings (SSSR count). The molecule has 110 valence electrons. The summed E-state index contributed by atoms with van der Waals surface area (Å²) in [6.45, 7) is 1.60. The van der Waals surface area contributed by atoms with Crippen LogP contribution in [-0.4, -0.2) is 25.0 Å². The van der Waals surface area contributed by atoms with Gasteiger partial charge in [-0.1, -0.05) is 0 Å². The van der Waals surface area contributed by atoms with Crippen molar-refractivity contribution in [2.75, 3.05) is 14.2 Å². The second kappa shape index (κ2) is 5.48. The van der Waals surface area contributed by atoms with Gasteiger partial charge in [0.05, 0.1) is 30.4 Å². The number of benzene rings is 1. The fourth-order valence-corrected chi connectivity index (χ4v) is 3.38. The summed E-state index contributed by atoms with van der Waals surface area (Å²) < 4.78 is 10.7. The van der Waals surface area contributed by atoms with E-state index in [4.69, 9.17) is 14.5 Å². The van der Waals surface area contributed by atoms with Crippen LogP contribution in [0.1, 0.15) is 41.0 Å². The predicted octanol–water partition coefficient (Wildman–Crippen LogP) is 3.91. The van der Waals surface area contributed by atoms with Gasteiger partial charge in [-0.25, -0.2) is 4.98 Å². The van der Waals surface area contributed by atoms with E-state index < -0.39 is 0 Å². The highest BCUT2D eigenvalue weighted by Crippen LogP contribution is 2.45. The lowest BCUT2D eigenvalue weighted by atomic mass is 10.2. The van der Waals surface area contributed by atoms with E-state index in [0.29, 0.717) is 5.92 Å². The minimum absolute atomic E-state index is 0.0857. The summed E-state index contributed by atoms with van der Waals surface area (Å²) in [6.07, 6.45) is 2.25. The van der Waals surface area contributed by atoms with Crippen LogP contribution in [0.4, 0.5) is 0 Å². The van der Waals surface area contributed by atoms with Crippen molar-refractivity contribution in [2.45, 2.75) is 25.7 Å². The number of nitrogens with zero attached hydrogens (tertiary/aromatic N) is 1. The molecule has 2 aromatic rings. The number of aromatic nitrogens is 1. The van der Waals surface area contributed by atoms with E-state index in [1.165, 1.54) is 11.3 Å². The van der Waals surface area contributed by atoms with Crippen molar-refractivity contribution < 1.29 is 14.3 Å². The molecule has 0 spiro atoms. The van der Waals surface area contributed by atoms with E-state index in [1.807, 2.05) is 18.2 Å². The molecule has 1 aromatic heterocycles. The van der Waals surface area contributed by atoms with Gasteiger partial charge < -0.3 is 9.47 Å². The Bertz CT molecular complexity index is 689. The normalized spacial score (nSPS) is 14.0. The van der Waals surface area contributed by atoms with Crippen molar-refractivity contribution in [3.63, 3.8) is 0 Å². The Morgan fingerprint density at radius 2 is 2.05 bits per heavy atom. The van der Waals surface area contributed by atoms with E-state index in [1.54, 1.807) is 21.1 Å². The van der Waals surface area contributed by atoms with Gasteiger partial charge in [0.1, 0.15) is 16.5 Å². The number of Topliss-reactive ketones (excluding diaryl/α,β-unsaturated/α-hetero) is 1. The molecule has 21 heavy (non-hydrogen) atoms. The SMILES string of the molecule is COc1ccc(OC)c(-c2nc(C3CC3)c(C(C)=O)s2)c1. The molecule has 0 saturated heterocycles. The molecule has 0 aliphatic heterocycles. The highest BCUT2D eigenvalue weighted by Gasteiger charge is 2.31. The molecule has 1 aliphatic carbocycles. The van der Waals surface area contributed by atoms with Crippen molar-refractivity contribution in [1.29, 1.82) is 0 Å². The van der Waals surface area contributed by atoms with Gasteiger partial charge >= 0.3 is 0 Å². The van der Waals surface area contributed by atoms with E-state index in [2.05, 4.69) is 0 Å². The van der Waals surface area contributed by atoms with Gasteiger partial charge in [0.25, 0.3) is 0 Å². The fraction of sp³-hybridized carbons (Fsp3) is 0.375. The Kier molecular flexibility index (Phi) is 3.68. The topological polar surface area (TPSA) is 48.4 Å². The predicted molar refractivity (Wildman–Crippen MR) is 82.6 cm³/mol. The van der Waals surface area contributed by atoms with Crippen LogP contribution in [0.25, 0.3) is 10.6 Å². The van der Waals surface area contributed by atoms with Crippen LogP contribution in [0, 0.1) is 0 Å². The van der Waals surface area contributed by atoms with Crippen molar-refractivity contribution in [2.24, 2.45) is 0 Å². The molecule has 1 fully saturated rings. The second-order valence-electron chi connectivity index (χ2n) is 5.13. The van der Waals surface area contributed by atoms with Crippen molar-refractivity contribution >= 4 is 17.1 Å². The Balaban J connectivity index is 2.11. The van der Waals surface area contributed by atoms with E-state index in [-0.39, 0.29) is 5.78 Å². The zero-order valence-corrected chi connectivity index (χ0v) is 13.1. The van der Waals surface area contributed by atoms with Crippen LogP contribution < -0.4 is 9.47 Å². The summed E-state index contributed by atoms with van der Waals surface area (Å²) in [6, 6.07) is 5.61. The van der Waals surface area contributed by atoms with Crippen molar-refractivity contribution in [1.82, 2.24) is 4.98 Å². The average molecular weight is 303 g/mol. The number of carbonyl (C=O) groups is 1.